The normalized spacial score (nSPS) is 2.25. The van der Waals surface area contributed by atoms with Crippen LogP contribution < -0.4 is 0 Å². The summed E-state index contributed by atoms with van der Waals surface area (Å²) in [4.78, 5) is 24.0. The van der Waals surface area contributed by atoms with Gasteiger partial charge in [-0.2, -0.15) is 15.8 Å². The maximum Gasteiger partial charge on any atom is 0.106 e. The summed E-state index contributed by atoms with van der Waals surface area (Å²) >= 11 is 0. The fourth-order valence-corrected chi connectivity index (χ4v) is 0. The van der Waals surface area contributed by atoms with Crippen molar-refractivity contribution < 1.29 is 31.7 Å². The third kappa shape index (κ3) is 369. The first-order chi connectivity index (χ1) is 7.24. The zero-order valence-corrected chi connectivity index (χ0v) is 10.9. The largest absolute Gasteiger partial charge is 0.307 e. The molecule has 0 saturated heterocycles. The minimum absolute atomic E-state index is 0. The van der Waals surface area contributed by atoms with Gasteiger partial charge in [0.05, 0.1) is 18.2 Å². The summed E-state index contributed by atoms with van der Waals surface area (Å²) in [5.41, 5.74) is 0. The molecule has 6 nitrogen and oxygen atoms in total. The zero-order chi connectivity index (χ0) is 14.1. The molecule has 0 spiro atoms. The number of hydrogen-bond acceptors (Lipinski definition) is 6. The maximum atomic E-state index is 8.00. The minimum atomic E-state index is 0. The summed E-state index contributed by atoms with van der Waals surface area (Å²) in [6.07, 6.45) is 0. The molecule has 0 aromatic carbocycles. The van der Waals surface area contributed by atoms with Gasteiger partial charge in [-0.25, -0.2) is 0 Å². The summed E-state index contributed by atoms with van der Waals surface area (Å²) in [6.45, 7) is 10.3. The minimum Gasteiger partial charge on any atom is -0.307 e. The molecule has 0 aliphatic carbocycles. The molecule has 0 saturated carbocycles. The van der Waals surface area contributed by atoms with Gasteiger partial charge in [-0.05, 0) is 0 Å². The van der Waals surface area contributed by atoms with Gasteiger partial charge in [0.2, 0.25) is 0 Å². The Balaban J connectivity index is -0.0000000122. The topological polar surface area (TPSA) is 123 Å². The molecule has 16 heavy (non-hydrogen) atoms. The molecule has 0 unspecified atom stereocenters. The Morgan fingerprint density at radius 3 is 0.625 bits per heavy atom. The van der Waals surface area contributed by atoms with Crippen LogP contribution in [0, 0.1) is 34.0 Å². The van der Waals surface area contributed by atoms with Crippen molar-refractivity contribution in [1.82, 2.24) is 0 Å². The summed E-state index contributed by atoms with van der Waals surface area (Å²) in [6, 6.07) is 5.25. The predicted molar refractivity (Wildman–Crippen MR) is 55.2 cm³/mol. The number of nitriles is 3. The van der Waals surface area contributed by atoms with Crippen LogP contribution >= 0.6 is 0 Å². The Morgan fingerprint density at radius 1 is 0.625 bits per heavy atom. The van der Waals surface area contributed by atoms with Crippen LogP contribution in [0.15, 0.2) is 0 Å². The van der Waals surface area contributed by atoms with E-state index in [1.54, 1.807) is 18.2 Å². The van der Waals surface area contributed by atoms with E-state index < -0.39 is 0 Å². The van der Waals surface area contributed by atoms with Gasteiger partial charge in [0, 0.05) is 38.1 Å². The van der Waals surface area contributed by atoms with E-state index in [1.165, 1.54) is 20.8 Å². The van der Waals surface area contributed by atoms with Gasteiger partial charge >= 0.3 is 0 Å². The second kappa shape index (κ2) is 1830. The van der Waals surface area contributed by atoms with Gasteiger partial charge in [0.25, 0.3) is 0 Å². The first-order valence-electron chi connectivity index (χ1n) is 3.04. The van der Waals surface area contributed by atoms with Gasteiger partial charge < -0.3 is 14.4 Å². The smallest absolute Gasteiger partial charge is 0.106 e. The van der Waals surface area contributed by atoms with Crippen molar-refractivity contribution in [2.45, 2.75) is 20.8 Å². The standard InChI is InChI=1S/3C2H3N.3CH2O.Cr/c3*1-2-3;3*1-2;/h3*1H3;3*1H2;. The van der Waals surface area contributed by atoms with Crippen molar-refractivity contribution in [2.24, 2.45) is 0 Å². The van der Waals surface area contributed by atoms with Crippen LogP contribution in [0.2, 0.25) is 0 Å². The molecule has 0 heterocycles. The van der Waals surface area contributed by atoms with Crippen LogP contribution in [0.4, 0.5) is 0 Å². The first kappa shape index (κ1) is 48.2. The van der Waals surface area contributed by atoms with E-state index in [2.05, 4.69) is 0 Å². The van der Waals surface area contributed by atoms with E-state index in [0.717, 1.165) is 0 Å². The number of carbonyl (C=O) groups is 3. The fraction of sp³-hybridized carbons (Fsp3) is 0.333. The van der Waals surface area contributed by atoms with Crippen molar-refractivity contribution in [3.05, 3.63) is 0 Å². The average molecular weight is 265 g/mol. The summed E-state index contributed by atoms with van der Waals surface area (Å²) in [5.74, 6) is 0. The SMILES string of the molecule is C=O.C=O.C=O.CC#N.CC#N.CC#N.[Cr]. The molecular formula is C9H15CrN3O3. The monoisotopic (exact) mass is 265 g/mol. The summed E-state index contributed by atoms with van der Waals surface area (Å²) in [7, 11) is 0. The van der Waals surface area contributed by atoms with Crippen LogP contribution in [0.3, 0.4) is 0 Å². The number of rotatable bonds is 0. The van der Waals surface area contributed by atoms with Crippen LogP contribution in [-0.2, 0) is 31.7 Å². The van der Waals surface area contributed by atoms with E-state index >= 15 is 0 Å². The van der Waals surface area contributed by atoms with Gasteiger partial charge in [0.15, 0.2) is 0 Å². The Labute approximate surface area is 107 Å². The molecule has 0 bridgehead atoms. The fourth-order valence-electron chi connectivity index (χ4n) is 0. The molecule has 90 valence electrons. The summed E-state index contributed by atoms with van der Waals surface area (Å²) < 4.78 is 0. The second-order valence-corrected chi connectivity index (χ2v) is 0.671. The predicted octanol–water partition coefficient (Wildman–Crippen LogP) is 1.03. The average Bonchev–Trinajstić information content (AvgIpc) is 2.29. The van der Waals surface area contributed by atoms with Crippen molar-refractivity contribution in [1.29, 1.82) is 15.8 Å². The maximum absolute atomic E-state index is 8.00. The molecule has 0 aliphatic heterocycles. The first-order valence-corrected chi connectivity index (χ1v) is 3.04. The van der Waals surface area contributed by atoms with Gasteiger partial charge in [-0.1, -0.05) is 0 Å². The Morgan fingerprint density at radius 2 is 0.625 bits per heavy atom. The molecule has 0 aromatic rings. The van der Waals surface area contributed by atoms with Crippen LogP contribution in [0.25, 0.3) is 0 Å². The van der Waals surface area contributed by atoms with Crippen molar-refractivity contribution in [3.63, 3.8) is 0 Å². The third-order valence-corrected chi connectivity index (χ3v) is 0. The van der Waals surface area contributed by atoms with Gasteiger partial charge in [0.1, 0.15) is 20.4 Å². The molecule has 0 N–H and O–H groups in total. The third-order valence-electron chi connectivity index (χ3n) is 0. The number of hydrogen-bond donors (Lipinski definition) is 0. The van der Waals surface area contributed by atoms with Crippen LogP contribution in [-0.4, -0.2) is 20.4 Å². The number of carbonyl (C=O) groups excluding carboxylic acids is 3. The van der Waals surface area contributed by atoms with Crippen molar-refractivity contribution >= 4 is 20.4 Å². The van der Waals surface area contributed by atoms with E-state index in [4.69, 9.17) is 30.2 Å². The van der Waals surface area contributed by atoms with Gasteiger partial charge in [-0.15, -0.1) is 0 Å². The quantitative estimate of drug-likeness (QED) is 0.644. The summed E-state index contributed by atoms with van der Waals surface area (Å²) in [5, 5.41) is 22.0. The molecule has 0 aromatic heterocycles. The Bertz CT molecular complexity index is 149. The van der Waals surface area contributed by atoms with Gasteiger partial charge in [-0.3, -0.25) is 0 Å². The van der Waals surface area contributed by atoms with Crippen LogP contribution in [0.1, 0.15) is 20.8 Å². The van der Waals surface area contributed by atoms with E-state index in [9.17, 15) is 0 Å². The molecule has 0 rings (SSSR count). The molecule has 0 fully saturated rings. The Hall–Kier alpha value is -1.99. The molecule has 0 radical (unpaired) electrons. The van der Waals surface area contributed by atoms with E-state index in [1.807, 2.05) is 20.4 Å². The number of nitrogens with zero attached hydrogens (tertiary/aromatic N) is 3. The molecule has 7 heteroatoms. The van der Waals surface area contributed by atoms with Crippen molar-refractivity contribution in [3.8, 4) is 18.2 Å². The molecule has 0 aliphatic rings. The van der Waals surface area contributed by atoms with E-state index in [0.29, 0.717) is 0 Å². The molecule has 0 atom stereocenters. The van der Waals surface area contributed by atoms with Crippen molar-refractivity contribution in [2.75, 3.05) is 0 Å². The molecular weight excluding hydrogens is 250 g/mol. The second-order valence-electron chi connectivity index (χ2n) is 0.671. The van der Waals surface area contributed by atoms with Crippen LogP contribution in [0.5, 0.6) is 0 Å². The Kier molecular flexibility index (Phi) is 5520. The van der Waals surface area contributed by atoms with E-state index in [-0.39, 0.29) is 17.4 Å². The molecule has 0 amide bonds. The zero-order valence-electron chi connectivity index (χ0n) is 9.60.